The Bertz CT molecular complexity index is 423. The minimum atomic E-state index is -0.223. The lowest BCUT2D eigenvalue weighted by molar-refractivity contribution is 0.108. The molecule has 1 amide bonds. The van der Waals surface area contributed by atoms with Gasteiger partial charge in [0.05, 0.1) is 7.11 Å². The number of unbranched alkanes of at least 4 members (excludes halogenated alkanes) is 1. The minimum Gasteiger partial charge on any atom is -0.453 e. The second kappa shape index (κ2) is 17.4. The van der Waals surface area contributed by atoms with Crippen LogP contribution in [0.3, 0.4) is 0 Å². The maximum Gasteiger partial charge on any atom is 0.409 e. The Kier molecular flexibility index (Phi) is 17.6. The first kappa shape index (κ1) is 24.3. The average Bonchev–Trinajstić information content (AvgIpc) is 2.64. The largest absolute Gasteiger partial charge is 0.453 e. The van der Waals surface area contributed by atoms with Crippen molar-refractivity contribution in [3.05, 3.63) is 29.8 Å². The molecule has 24 heavy (non-hydrogen) atoms. The molecule has 140 valence electrons. The number of rotatable bonds is 8. The summed E-state index contributed by atoms with van der Waals surface area (Å²) in [5.74, 6) is 0. The number of methoxy groups -OCH3 is 1. The van der Waals surface area contributed by atoms with Gasteiger partial charge >= 0.3 is 6.09 Å². The lowest BCUT2D eigenvalue weighted by Crippen LogP contribution is -2.32. The van der Waals surface area contributed by atoms with Crippen LogP contribution in [0.1, 0.15) is 31.7 Å². The van der Waals surface area contributed by atoms with Crippen molar-refractivity contribution < 1.29 is 27.8 Å². The highest BCUT2D eigenvalue weighted by Crippen LogP contribution is 2.13. The van der Waals surface area contributed by atoms with Gasteiger partial charge < -0.3 is 15.0 Å². The van der Waals surface area contributed by atoms with Gasteiger partial charge in [-0.2, -0.15) is 0 Å². The molecule has 0 saturated heterocycles. The van der Waals surface area contributed by atoms with Gasteiger partial charge in [-0.25, -0.2) is 4.79 Å². The fourth-order valence-electron chi connectivity index (χ4n) is 2.12. The van der Waals surface area contributed by atoms with E-state index in [1.165, 1.54) is 18.4 Å². The van der Waals surface area contributed by atoms with Crippen LogP contribution in [0.4, 0.5) is 28.8 Å². The Morgan fingerprint density at radius 2 is 1.75 bits per heavy atom. The van der Waals surface area contributed by atoms with Gasteiger partial charge in [0.25, 0.3) is 0 Å². The van der Waals surface area contributed by atoms with E-state index < -0.39 is 0 Å². The minimum absolute atomic E-state index is 0.223. The topological polar surface area (TPSA) is 41.6 Å². The van der Waals surface area contributed by atoms with E-state index in [2.05, 4.69) is 31.3 Å². The molecular formula is C16H26F4N2O2. The number of hydrogen-bond acceptors (Lipinski definition) is 3. The number of carbonyl (C=O) groups excluding carboxylic acids is 1. The smallest absolute Gasteiger partial charge is 0.409 e. The quantitative estimate of drug-likeness (QED) is 0.506. The van der Waals surface area contributed by atoms with Crippen molar-refractivity contribution in [3.63, 3.8) is 0 Å². The van der Waals surface area contributed by atoms with Crippen LogP contribution in [0.15, 0.2) is 24.3 Å². The van der Waals surface area contributed by atoms with Gasteiger partial charge in [0.2, 0.25) is 0 Å². The number of anilines is 1. The van der Waals surface area contributed by atoms with E-state index in [4.69, 9.17) is 23.0 Å². The van der Waals surface area contributed by atoms with Crippen LogP contribution in [0.25, 0.3) is 0 Å². The molecule has 0 aliphatic rings. The summed E-state index contributed by atoms with van der Waals surface area (Å²) in [7, 11) is 1.44. The average molecular weight is 354 g/mol. The van der Waals surface area contributed by atoms with Crippen LogP contribution < -0.4 is 5.32 Å². The molecule has 0 aliphatic carbocycles. The van der Waals surface area contributed by atoms with Crippen LogP contribution in [0.2, 0.25) is 0 Å². The highest BCUT2D eigenvalue weighted by molar-refractivity contribution is 5.67. The molecule has 4 nitrogen and oxygen atoms in total. The molecule has 1 rings (SSSR count). The fourth-order valence-corrected chi connectivity index (χ4v) is 2.12. The molecule has 0 aromatic heterocycles. The normalized spacial score (nSPS) is 8.96. The van der Waals surface area contributed by atoms with Crippen LogP contribution >= 0.6 is 0 Å². The van der Waals surface area contributed by atoms with Gasteiger partial charge in [0.1, 0.15) is 0 Å². The summed E-state index contributed by atoms with van der Waals surface area (Å²) in [6.45, 7) is 6.61. The zero-order valence-corrected chi connectivity index (χ0v) is 14.3. The lowest BCUT2D eigenvalue weighted by atomic mass is 10.2. The molecule has 0 fully saturated rings. The second-order valence-electron chi connectivity index (χ2n) is 4.91. The number of halogens is 4. The standard InChI is InChI=1S/C16H26N2O2.2F2/c1-4-12-18(16(19)20-3)13-8-7-11-17-15-10-6-5-9-14(15)2;2*1-2/h5-6,9-10,17H,4,7-8,11-13H2,1-3H3;;. The summed E-state index contributed by atoms with van der Waals surface area (Å²) in [5, 5.41) is 3.43. The van der Waals surface area contributed by atoms with Gasteiger partial charge in [-0.05, 0) is 37.8 Å². The molecular weight excluding hydrogens is 328 g/mol. The number of hydrogen-bond donors (Lipinski definition) is 1. The number of aryl methyl sites for hydroxylation is 1. The first-order chi connectivity index (χ1) is 11.7. The van der Waals surface area contributed by atoms with Crippen molar-refractivity contribution in [2.24, 2.45) is 0 Å². The molecule has 0 heterocycles. The number of nitrogens with zero attached hydrogens (tertiary/aromatic N) is 1. The Balaban J connectivity index is 0. The van der Waals surface area contributed by atoms with Crippen molar-refractivity contribution >= 4 is 11.8 Å². The Labute approximate surface area is 140 Å². The van der Waals surface area contributed by atoms with E-state index in [1.807, 2.05) is 12.1 Å². The van der Waals surface area contributed by atoms with E-state index in [1.54, 1.807) is 4.90 Å². The molecule has 1 aromatic carbocycles. The molecule has 0 atom stereocenters. The van der Waals surface area contributed by atoms with Crippen molar-refractivity contribution in [2.45, 2.75) is 33.1 Å². The lowest BCUT2D eigenvalue weighted by Gasteiger charge is -2.20. The van der Waals surface area contributed by atoms with E-state index in [9.17, 15) is 4.79 Å². The van der Waals surface area contributed by atoms with Crippen molar-refractivity contribution in [1.82, 2.24) is 4.90 Å². The van der Waals surface area contributed by atoms with Gasteiger partial charge in [0.15, 0.2) is 0 Å². The van der Waals surface area contributed by atoms with Crippen LogP contribution in [-0.2, 0) is 4.74 Å². The predicted octanol–water partition coefficient (Wildman–Crippen LogP) is 5.35. The summed E-state index contributed by atoms with van der Waals surface area (Å²) in [6, 6.07) is 8.27. The van der Waals surface area contributed by atoms with Crippen LogP contribution in [0, 0.1) is 6.92 Å². The summed E-state index contributed by atoms with van der Waals surface area (Å²) >= 11 is 0. The highest BCUT2D eigenvalue weighted by atomic mass is 20.0. The summed E-state index contributed by atoms with van der Waals surface area (Å²) in [4.78, 5) is 13.3. The zero-order valence-electron chi connectivity index (χ0n) is 14.3. The SMILES string of the molecule is CCCN(CCCCNc1ccccc1C)C(=O)OC.FF.FF. The van der Waals surface area contributed by atoms with Gasteiger partial charge in [-0.1, -0.05) is 25.1 Å². The molecule has 1 aromatic rings. The summed E-state index contributed by atoms with van der Waals surface area (Å²) in [6.07, 6.45) is 2.74. The maximum absolute atomic E-state index is 11.5. The van der Waals surface area contributed by atoms with Crippen LogP contribution in [0.5, 0.6) is 0 Å². The molecule has 8 heteroatoms. The first-order valence-electron chi connectivity index (χ1n) is 7.60. The molecule has 0 aliphatic heterocycles. The number of benzene rings is 1. The van der Waals surface area contributed by atoms with Gasteiger partial charge in [0, 0.05) is 43.6 Å². The third-order valence-electron chi connectivity index (χ3n) is 3.24. The fraction of sp³-hybridized carbons (Fsp3) is 0.562. The van der Waals surface area contributed by atoms with Gasteiger partial charge in [-0.15, -0.1) is 0 Å². The molecule has 1 N–H and O–H groups in total. The first-order valence-corrected chi connectivity index (χ1v) is 7.60. The molecule has 0 spiro atoms. The van der Waals surface area contributed by atoms with Gasteiger partial charge in [-0.3, -0.25) is 0 Å². The Morgan fingerprint density at radius 3 is 2.29 bits per heavy atom. The monoisotopic (exact) mass is 354 g/mol. The number of nitrogens with one attached hydrogen (secondary N) is 1. The Hall–Kier alpha value is -1.99. The van der Waals surface area contributed by atoms with Crippen LogP contribution in [-0.4, -0.2) is 37.7 Å². The van der Waals surface area contributed by atoms with Crippen molar-refractivity contribution in [1.29, 1.82) is 0 Å². The van der Waals surface area contributed by atoms with E-state index in [0.717, 1.165) is 38.9 Å². The second-order valence-corrected chi connectivity index (χ2v) is 4.91. The number of para-hydroxylation sites is 1. The predicted molar refractivity (Wildman–Crippen MR) is 87.6 cm³/mol. The third-order valence-corrected chi connectivity index (χ3v) is 3.24. The zero-order chi connectivity index (χ0) is 18.8. The maximum atomic E-state index is 11.5. The van der Waals surface area contributed by atoms with E-state index in [0.29, 0.717) is 0 Å². The molecule has 0 radical (unpaired) electrons. The van der Waals surface area contributed by atoms with E-state index >= 15 is 0 Å². The number of carbonyl (C=O) groups is 1. The van der Waals surface area contributed by atoms with E-state index in [-0.39, 0.29) is 6.09 Å². The van der Waals surface area contributed by atoms with Crippen molar-refractivity contribution in [3.8, 4) is 0 Å². The number of ether oxygens (including phenoxy) is 1. The summed E-state index contributed by atoms with van der Waals surface area (Å²) < 4.78 is 36.8. The summed E-state index contributed by atoms with van der Waals surface area (Å²) in [5.41, 5.74) is 2.44. The highest BCUT2D eigenvalue weighted by Gasteiger charge is 2.11. The molecule has 0 saturated carbocycles. The molecule has 0 unspecified atom stereocenters. The Morgan fingerprint density at radius 1 is 1.12 bits per heavy atom. The van der Waals surface area contributed by atoms with Crippen molar-refractivity contribution in [2.75, 3.05) is 32.1 Å². The number of amides is 1. The third kappa shape index (κ3) is 10.7. The molecule has 0 bridgehead atoms.